The average Bonchev–Trinajstić information content (AvgIpc) is 2.00. The summed E-state index contributed by atoms with van der Waals surface area (Å²) in [5, 5.41) is 8.65. The Balaban J connectivity index is 3.86. The van der Waals surface area contributed by atoms with Crippen LogP contribution >= 0.6 is 0 Å². The van der Waals surface area contributed by atoms with Crippen molar-refractivity contribution in [2.45, 2.75) is 42.7 Å². The third kappa shape index (κ3) is 5.18. The molecule has 0 rings (SSSR count). The first-order chi connectivity index (χ1) is 5.61. The van der Waals surface area contributed by atoms with Gasteiger partial charge in [0.05, 0.1) is 0 Å². The molecule has 3 heteroatoms. The zero-order valence-electron chi connectivity index (χ0n) is 8.34. The van der Waals surface area contributed by atoms with Crippen LogP contribution in [0, 0.1) is 5.92 Å². The Bertz CT molecular complexity index is 136. The van der Waals surface area contributed by atoms with E-state index < -0.39 is 5.97 Å². The van der Waals surface area contributed by atoms with Gasteiger partial charge in [0.25, 0.3) is 0 Å². The van der Waals surface area contributed by atoms with Gasteiger partial charge in [-0.05, 0) is 0 Å². The molecule has 0 aromatic rings. The first-order valence-corrected chi connectivity index (χ1v) is 5.99. The second-order valence-corrected chi connectivity index (χ2v) is 5.02. The van der Waals surface area contributed by atoms with Gasteiger partial charge in [-0.1, -0.05) is 0 Å². The molecule has 2 unspecified atom stereocenters. The normalized spacial score (nSPS) is 15.7. The van der Waals surface area contributed by atoms with E-state index in [9.17, 15) is 4.79 Å². The predicted molar refractivity (Wildman–Crippen MR) is 50.4 cm³/mol. The Kier molecular flexibility index (Phi) is 7.20. The number of carboxylic acid groups (broad SMARTS) is 1. The molecular weight excluding hydrogens is 163 g/mol. The van der Waals surface area contributed by atoms with Gasteiger partial charge in [0, 0.05) is 0 Å². The van der Waals surface area contributed by atoms with Crippen molar-refractivity contribution in [3.8, 4) is 0 Å². The number of rotatable bonds is 6. The topological polar surface area (TPSA) is 37.3 Å². The molecule has 0 radical (unpaired) electrons. The minimum atomic E-state index is -0.640. The van der Waals surface area contributed by atoms with Gasteiger partial charge in [0.15, 0.2) is 0 Å². The summed E-state index contributed by atoms with van der Waals surface area (Å²) in [4.78, 5) is 10.5. The van der Waals surface area contributed by atoms with Crippen LogP contribution < -0.4 is 0 Å². The molecule has 0 bridgehead atoms. The van der Waals surface area contributed by atoms with E-state index in [4.69, 9.17) is 5.11 Å². The molecule has 0 saturated carbocycles. The Morgan fingerprint density at radius 1 is 1.50 bits per heavy atom. The summed E-state index contributed by atoms with van der Waals surface area (Å²) in [6.45, 7) is 4.26. The standard InChI is InChI=1S/C9H17O2.Na/c1-3-5-6-8(4-2)7-9(10)11;/h6,8H,3-5,7H2,1-2H3,(H,10,11);. The van der Waals surface area contributed by atoms with E-state index in [0.29, 0.717) is 15.5 Å². The summed E-state index contributed by atoms with van der Waals surface area (Å²) >= 11 is 1.13. The average molecular weight is 180 g/mol. The molecule has 0 fully saturated rings. The van der Waals surface area contributed by atoms with E-state index in [2.05, 4.69) is 13.8 Å². The van der Waals surface area contributed by atoms with Gasteiger partial charge >= 0.3 is 92.4 Å². The van der Waals surface area contributed by atoms with Crippen molar-refractivity contribution >= 4 is 33.9 Å². The number of hydrogen-bond donors (Lipinski definition) is 1. The molecule has 0 aromatic heterocycles. The fourth-order valence-corrected chi connectivity index (χ4v) is 2.95. The SMILES string of the molecule is CCC[CH]([Na])C(CC)CC(=O)O. The Hall–Kier alpha value is 0.470. The van der Waals surface area contributed by atoms with Gasteiger partial charge < -0.3 is 0 Å². The maximum atomic E-state index is 10.5. The van der Waals surface area contributed by atoms with Gasteiger partial charge in [-0.25, -0.2) is 0 Å². The maximum absolute atomic E-state index is 10.5. The van der Waals surface area contributed by atoms with Crippen LogP contribution in [0.5, 0.6) is 0 Å². The molecule has 0 amide bonds. The molecule has 12 heavy (non-hydrogen) atoms. The van der Waals surface area contributed by atoms with Gasteiger partial charge in [0.1, 0.15) is 0 Å². The number of hydrogen-bond acceptors (Lipinski definition) is 1. The molecule has 0 aliphatic rings. The van der Waals surface area contributed by atoms with Crippen molar-refractivity contribution in [3.05, 3.63) is 0 Å². The molecule has 0 aromatic carbocycles. The van der Waals surface area contributed by atoms with Crippen LogP contribution in [-0.2, 0) is 4.79 Å². The quantitative estimate of drug-likeness (QED) is 0.636. The molecule has 0 saturated heterocycles. The third-order valence-corrected chi connectivity index (χ3v) is 4.03. The van der Waals surface area contributed by atoms with Crippen molar-refractivity contribution in [1.82, 2.24) is 0 Å². The van der Waals surface area contributed by atoms with Crippen LogP contribution in [0.4, 0.5) is 0 Å². The summed E-state index contributed by atoms with van der Waals surface area (Å²) < 4.78 is 0.691. The van der Waals surface area contributed by atoms with E-state index in [-0.39, 0.29) is 0 Å². The zero-order valence-corrected chi connectivity index (χ0v) is 10.3. The van der Waals surface area contributed by atoms with Crippen LogP contribution in [-0.4, -0.2) is 39.0 Å². The summed E-state index contributed by atoms with van der Waals surface area (Å²) in [5.41, 5.74) is 0. The third-order valence-electron chi connectivity index (χ3n) is 2.51. The second-order valence-electron chi connectivity index (χ2n) is 3.53. The monoisotopic (exact) mass is 180 g/mol. The van der Waals surface area contributed by atoms with E-state index in [1.165, 1.54) is 12.8 Å². The zero-order chi connectivity index (χ0) is 9.56. The molecular formula is C9H17NaO2. The van der Waals surface area contributed by atoms with Crippen LogP contribution in [0.3, 0.4) is 0 Å². The minimum absolute atomic E-state index is 0.366. The van der Waals surface area contributed by atoms with Crippen LogP contribution in [0.1, 0.15) is 39.5 Å². The molecule has 0 aliphatic heterocycles. The summed E-state index contributed by atoms with van der Waals surface area (Å²) in [5.74, 6) is -0.215. The molecule has 0 heterocycles. The fourth-order valence-electron chi connectivity index (χ4n) is 1.66. The van der Waals surface area contributed by atoms with Crippen molar-refractivity contribution < 1.29 is 9.90 Å². The van der Waals surface area contributed by atoms with Crippen LogP contribution in [0.25, 0.3) is 0 Å². The van der Waals surface area contributed by atoms with Crippen LogP contribution in [0.15, 0.2) is 0 Å². The van der Waals surface area contributed by atoms with Gasteiger partial charge in [-0.15, -0.1) is 0 Å². The molecule has 0 spiro atoms. The molecule has 2 atom stereocenters. The summed E-state index contributed by atoms with van der Waals surface area (Å²) in [6.07, 6.45) is 3.77. The number of carboxylic acids is 1. The van der Waals surface area contributed by atoms with Crippen molar-refractivity contribution in [3.63, 3.8) is 0 Å². The van der Waals surface area contributed by atoms with E-state index in [1.54, 1.807) is 0 Å². The fraction of sp³-hybridized carbons (Fsp3) is 0.889. The Labute approximate surface area is 92.1 Å². The molecule has 2 nitrogen and oxygen atoms in total. The van der Waals surface area contributed by atoms with Crippen molar-refractivity contribution in [2.24, 2.45) is 5.92 Å². The second kappa shape index (κ2) is 6.93. The van der Waals surface area contributed by atoms with Gasteiger partial charge in [0.2, 0.25) is 0 Å². The number of aliphatic carboxylic acids is 1. The van der Waals surface area contributed by atoms with E-state index in [0.717, 1.165) is 34.4 Å². The van der Waals surface area contributed by atoms with Gasteiger partial charge in [-0.2, -0.15) is 0 Å². The van der Waals surface area contributed by atoms with Crippen molar-refractivity contribution in [2.75, 3.05) is 0 Å². The Morgan fingerprint density at radius 2 is 2.08 bits per heavy atom. The van der Waals surface area contributed by atoms with E-state index >= 15 is 0 Å². The van der Waals surface area contributed by atoms with E-state index in [1.807, 2.05) is 0 Å². The summed E-state index contributed by atoms with van der Waals surface area (Å²) in [6, 6.07) is 0. The first kappa shape index (κ1) is 12.5. The molecule has 1 N–H and O–H groups in total. The molecule has 66 valence electrons. The number of carbonyl (C=O) groups is 1. The molecule has 0 aliphatic carbocycles. The first-order valence-electron chi connectivity index (χ1n) is 4.83. The predicted octanol–water partition coefficient (Wildman–Crippen LogP) is 2.24. The van der Waals surface area contributed by atoms with Gasteiger partial charge in [-0.3, -0.25) is 0 Å². The summed E-state index contributed by atoms with van der Waals surface area (Å²) in [7, 11) is 0. The Morgan fingerprint density at radius 3 is 2.42 bits per heavy atom. The van der Waals surface area contributed by atoms with Crippen LogP contribution in [0.2, 0.25) is 3.17 Å². The van der Waals surface area contributed by atoms with Crippen molar-refractivity contribution in [1.29, 1.82) is 0 Å².